The van der Waals surface area contributed by atoms with Gasteiger partial charge in [0.1, 0.15) is 24.0 Å². The first kappa shape index (κ1) is 28.9. The number of halogens is 6. The third-order valence-corrected chi connectivity index (χ3v) is 7.26. The molecule has 7 nitrogen and oxygen atoms in total. The van der Waals surface area contributed by atoms with Crippen LogP contribution >= 0.6 is 11.8 Å². The molecule has 5 rings (SSSR count). The molecule has 4 aromatic rings. The molecule has 3 N–H and O–H groups in total. The summed E-state index contributed by atoms with van der Waals surface area (Å²) in [7, 11) is 0. The van der Waals surface area contributed by atoms with Gasteiger partial charge in [-0.2, -0.15) is 30.0 Å². The summed E-state index contributed by atoms with van der Waals surface area (Å²) < 4.78 is 83.7. The van der Waals surface area contributed by atoms with Crippen LogP contribution in [0.5, 0.6) is 0 Å². The van der Waals surface area contributed by atoms with Gasteiger partial charge in [-0.25, -0.2) is 13.2 Å². The van der Waals surface area contributed by atoms with E-state index < -0.39 is 53.2 Å². The number of amides is 2. The van der Waals surface area contributed by atoms with E-state index in [1.165, 1.54) is 42.2 Å². The monoisotopic (exact) mass is 603 g/mol. The van der Waals surface area contributed by atoms with E-state index in [4.69, 9.17) is 5.73 Å². The number of nitrogens with zero attached hydrogens (tertiary/aromatic N) is 3. The molecule has 1 aliphatic rings. The smallest absolute Gasteiger partial charge is 0.366 e. The molecule has 0 unspecified atom stereocenters. The number of nitrogens with one attached hydrogen (secondary N) is 1. The second-order valence-corrected chi connectivity index (χ2v) is 10.2. The van der Waals surface area contributed by atoms with Gasteiger partial charge in [0.15, 0.2) is 5.69 Å². The molecule has 2 aromatic heterocycles. The van der Waals surface area contributed by atoms with Crippen LogP contribution in [0.15, 0.2) is 54.7 Å². The second kappa shape index (κ2) is 11.4. The summed E-state index contributed by atoms with van der Waals surface area (Å²) in [6.07, 6.45) is -2.12. The third-order valence-electron chi connectivity index (χ3n) is 6.29. The van der Waals surface area contributed by atoms with Crippen molar-refractivity contribution in [2.24, 2.45) is 5.73 Å². The molecule has 216 valence electrons. The highest BCUT2D eigenvalue weighted by Crippen LogP contribution is 2.39. The quantitative estimate of drug-likeness (QED) is 0.270. The van der Waals surface area contributed by atoms with Crippen LogP contribution in [0.3, 0.4) is 0 Å². The van der Waals surface area contributed by atoms with Gasteiger partial charge in [0.2, 0.25) is 5.91 Å². The lowest BCUT2D eigenvalue weighted by molar-refractivity contribution is -0.142. The van der Waals surface area contributed by atoms with Crippen molar-refractivity contribution >= 4 is 35.3 Å². The largest absolute Gasteiger partial charge is 0.435 e. The molecular formula is C28H19F6N5O2S. The van der Waals surface area contributed by atoms with Gasteiger partial charge in [0, 0.05) is 34.9 Å². The SMILES string of the molecule is NC(=O)c1cc(-c2cccnc2/C(=C/c2cc(F)cc(F)c2)NC(=O)Cn2nc(C(F)(F)F)c3c2CSC3)ccc1F. The van der Waals surface area contributed by atoms with Crippen LogP contribution in [0.4, 0.5) is 26.3 Å². The number of carbonyl (C=O) groups is 2. The highest BCUT2D eigenvalue weighted by atomic mass is 32.2. The fourth-order valence-corrected chi connectivity index (χ4v) is 5.63. The normalized spacial score (nSPS) is 13.2. The van der Waals surface area contributed by atoms with Gasteiger partial charge >= 0.3 is 6.18 Å². The molecule has 0 saturated heterocycles. The minimum Gasteiger partial charge on any atom is -0.366 e. The highest BCUT2D eigenvalue weighted by molar-refractivity contribution is 7.98. The Bertz CT molecular complexity index is 1730. The maximum absolute atomic E-state index is 14.2. The molecule has 14 heteroatoms. The predicted octanol–water partition coefficient (Wildman–Crippen LogP) is 5.54. The Morgan fingerprint density at radius 2 is 1.79 bits per heavy atom. The molecule has 0 spiro atoms. The topological polar surface area (TPSA) is 103 Å². The number of rotatable bonds is 7. The van der Waals surface area contributed by atoms with Crippen molar-refractivity contribution < 1.29 is 35.9 Å². The predicted molar refractivity (Wildman–Crippen MR) is 143 cm³/mol. The lowest BCUT2D eigenvalue weighted by Crippen LogP contribution is -2.28. The minimum absolute atomic E-state index is 0.00734. The number of alkyl halides is 3. The zero-order chi connectivity index (χ0) is 30.2. The third kappa shape index (κ3) is 6.03. The molecule has 2 aromatic carbocycles. The zero-order valence-electron chi connectivity index (χ0n) is 21.3. The lowest BCUT2D eigenvalue weighted by atomic mass is 9.98. The summed E-state index contributed by atoms with van der Waals surface area (Å²) >= 11 is 1.26. The Morgan fingerprint density at radius 3 is 2.48 bits per heavy atom. The van der Waals surface area contributed by atoms with E-state index in [1.54, 1.807) is 6.07 Å². The van der Waals surface area contributed by atoms with Crippen molar-refractivity contribution in [3.8, 4) is 11.1 Å². The average molecular weight is 604 g/mol. The van der Waals surface area contributed by atoms with Crippen molar-refractivity contribution in [3.05, 3.63) is 106 Å². The Morgan fingerprint density at radius 1 is 1.05 bits per heavy atom. The standard InChI is InChI=1S/C28H19F6N5O2S/c29-16-6-14(7-17(30)10-16)8-22(25-18(2-1-5-36-25)15-3-4-21(31)19(9-15)27(35)41)37-24(40)11-39-23-13-42-12-20(23)26(38-39)28(32,33)34/h1-10H,11-13H2,(H2,35,41)(H,37,40)/b22-8-. The zero-order valence-corrected chi connectivity index (χ0v) is 22.1. The molecule has 0 fully saturated rings. The van der Waals surface area contributed by atoms with Gasteiger partial charge in [0.25, 0.3) is 5.91 Å². The number of thioether (sulfide) groups is 1. The summed E-state index contributed by atoms with van der Waals surface area (Å²) in [5.41, 5.74) is 4.61. The van der Waals surface area contributed by atoms with Gasteiger partial charge in [-0.1, -0.05) is 12.1 Å². The van der Waals surface area contributed by atoms with Gasteiger partial charge in [-0.3, -0.25) is 19.3 Å². The van der Waals surface area contributed by atoms with Crippen LogP contribution in [0.1, 0.15) is 38.6 Å². The minimum atomic E-state index is -4.70. The first-order valence-electron chi connectivity index (χ1n) is 12.2. The number of primary amides is 1. The van der Waals surface area contributed by atoms with E-state index in [0.717, 1.165) is 22.9 Å². The van der Waals surface area contributed by atoms with Crippen molar-refractivity contribution in [1.82, 2.24) is 20.1 Å². The van der Waals surface area contributed by atoms with Crippen LogP contribution in [0.25, 0.3) is 22.9 Å². The molecule has 0 aliphatic carbocycles. The molecular weight excluding hydrogens is 584 g/mol. The maximum Gasteiger partial charge on any atom is 0.435 e. The second-order valence-electron chi connectivity index (χ2n) is 9.19. The fourth-order valence-electron chi connectivity index (χ4n) is 4.50. The van der Waals surface area contributed by atoms with Crippen LogP contribution in [0, 0.1) is 17.5 Å². The van der Waals surface area contributed by atoms with Crippen LogP contribution < -0.4 is 11.1 Å². The van der Waals surface area contributed by atoms with Crippen LogP contribution in [-0.2, 0) is 29.0 Å². The molecule has 0 saturated carbocycles. The van der Waals surface area contributed by atoms with Crippen molar-refractivity contribution in [1.29, 1.82) is 0 Å². The Labute approximate surface area is 238 Å². The first-order valence-corrected chi connectivity index (χ1v) is 13.3. The van der Waals surface area contributed by atoms with E-state index in [1.807, 2.05) is 0 Å². The molecule has 0 atom stereocenters. The lowest BCUT2D eigenvalue weighted by Gasteiger charge is -2.15. The Kier molecular flexibility index (Phi) is 7.82. The Balaban J connectivity index is 1.57. The summed E-state index contributed by atoms with van der Waals surface area (Å²) in [5.74, 6) is -4.16. The maximum atomic E-state index is 14.2. The number of nitrogens with two attached hydrogens (primary N) is 1. The number of carbonyl (C=O) groups excluding carboxylic acids is 2. The average Bonchev–Trinajstić information content (AvgIpc) is 3.51. The Hall–Kier alpha value is -4.59. The molecule has 42 heavy (non-hydrogen) atoms. The number of hydrogen-bond acceptors (Lipinski definition) is 5. The molecule has 1 aliphatic heterocycles. The molecule has 3 heterocycles. The van der Waals surface area contributed by atoms with E-state index >= 15 is 0 Å². The highest BCUT2D eigenvalue weighted by Gasteiger charge is 2.40. The summed E-state index contributed by atoms with van der Waals surface area (Å²) in [6.45, 7) is -0.599. The van der Waals surface area contributed by atoms with Gasteiger partial charge in [-0.05, 0) is 47.5 Å². The first-order chi connectivity index (χ1) is 19.9. The number of aromatic nitrogens is 3. The van der Waals surface area contributed by atoms with E-state index in [9.17, 15) is 35.9 Å². The summed E-state index contributed by atoms with van der Waals surface area (Å²) in [5, 5.41) is 6.20. The van der Waals surface area contributed by atoms with Crippen molar-refractivity contribution in [2.45, 2.75) is 24.2 Å². The van der Waals surface area contributed by atoms with E-state index in [0.29, 0.717) is 6.07 Å². The van der Waals surface area contributed by atoms with Crippen molar-refractivity contribution in [2.75, 3.05) is 0 Å². The van der Waals surface area contributed by atoms with E-state index in [2.05, 4.69) is 15.4 Å². The summed E-state index contributed by atoms with van der Waals surface area (Å²) in [6, 6.07) is 9.25. The van der Waals surface area contributed by atoms with Crippen LogP contribution in [0.2, 0.25) is 0 Å². The van der Waals surface area contributed by atoms with Crippen LogP contribution in [-0.4, -0.2) is 26.6 Å². The number of pyridine rings is 1. The van der Waals surface area contributed by atoms with Gasteiger partial charge in [-0.15, -0.1) is 0 Å². The number of fused-ring (bicyclic) bond motifs is 1. The molecule has 2 amide bonds. The number of benzene rings is 2. The van der Waals surface area contributed by atoms with Crippen molar-refractivity contribution in [3.63, 3.8) is 0 Å². The fraction of sp³-hybridized carbons (Fsp3) is 0.143. The molecule has 0 bridgehead atoms. The van der Waals surface area contributed by atoms with E-state index in [-0.39, 0.29) is 50.8 Å². The van der Waals surface area contributed by atoms with Gasteiger partial charge < -0.3 is 11.1 Å². The summed E-state index contributed by atoms with van der Waals surface area (Å²) in [4.78, 5) is 29.3. The molecule has 0 radical (unpaired) electrons. The van der Waals surface area contributed by atoms with Gasteiger partial charge in [0.05, 0.1) is 22.6 Å². The number of hydrogen-bond donors (Lipinski definition) is 2.